The smallest absolute Gasteiger partial charge is 0.197 e. The van der Waals surface area contributed by atoms with Crippen molar-refractivity contribution in [1.82, 2.24) is 19.6 Å². The standard InChI is InChI=1S/C23H28N4S2/c1-3-5-14-29-22-26-25-20-18-19(24-21(27(20)22)28-4-2)17-11-7-6-10-16(17)15-23(18)12-8-9-13-23/h6-7,10-11H,3-5,8-9,12-15H2,1-2H3. The average Bonchev–Trinajstić information content (AvgIpc) is 3.37. The third kappa shape index (κ3) is 3.19. The molecule has 5 rings (SSSR count). The summed E-state index contributed by atoms with van der Waals surface area (Å²) in [6, 6.07) is 8.86. The van der Waals surface area contributed by atoms with Crippen LogP contribution >= 0.6 is 23.5 Å². The SMILES string of the molecule is CCCCSc1nnc2c3c(nc(SCC)n12)-c1ccccc1CC31CCCC1. The maximum Gasteiger partial charge on any atom is 0.197 e. The van der Waals surface area contributed by atoms with Crippen LogP contribution in [0.5, 0.6) is 0 Å². The van der Waals surface area contributed by atoms with Gasteiger partial charge >= 0.3 is 0 Å². The molecule has 0 unspecified atom stereocenters. The minimum Gasteiger partial charge on any atom is -0.248 e. The second-order valence-corrected chi connectivity index (χ2v) is 10.5. The predicted octanol–water partition coefficient (Wildman–Crippen LogP) is 6.16. The molecule has 6 heteroatoms. The highest BCUT2D eigenvalue weighted by atomic mass is 32.2. The molecule has 0 bridgehead atoms. The molecule has 29 heavy (non-hydrogen) atoms. The van der Waals surface area contributed by atoms with Crippen molar-refractivity contribution < 1.29 is 0 Å². The van der Waals surface area contributed by atoms with Gasteiger partial charge in [0, 0.05) is 22.3 Å². The van der Waals surface area contributed by atoms with Crippen molar-refractivity contribution in [3.8, 4) is 11.3 Å². The van der Waals surface area contributed by atoms with Crippen LogP contribution in [-0.4, -0.2) is 31.1 Å². The Morgan fingerprint density at radius 3 is 2.66 bits per heavy atom. The summed E-state index contributed by atoms with van der Waals surface area (Å²) >= 11 is 3.62. The Kier molecular flexibility index (Phi) is 5.33. The lowest BCUT2D eigenvalue weighted by molar-refractivity contribution is 0.431. The fourth-order valence-corrected chi connectivity index (χ4v) is 6.85. The predicted molar refractivity (Wildman–Crippen MR) is 122 cm³/mol. The van der Waals surface area contributed by atoms with Crippen LogP contribution in [0.2, 0.25) is 0 Å². The highest BCUT2D eigenvalue weighted by molar-refractivity contribution is 7.99. The lowest BCUT2D eigenvalue weighted by atomic mass is 9.68. The minimum absolute atomic E-state index is 0.172. The number of aromatic nitrogens is 4. The van der Waals surface area contributed by atoms with Crippen molar-refractivity contribution in [2.45, 2.75) is 74.5 Å². The maximum atomic E-state index is 5.29. The Hall–Kier alpha value is -1.53. The van der Waals surface area contributed by atoms with Gasteiger partial charge in [-0.05, 0) is 37.0 Å². The first-order chi connectivity index (χ1) is 14.3. The van der Waals surface area contributed by atoms with E-state index in [0.717, 1.165) is 39.6 Å². The summed E-state index contributed by atoms with van der Waals surface area (Å²) < 4.78 is 2.27. The molecule has 152 valence electrons. The van der Waals surface area contributed by atoms with E-state index in [1.54, 1.807) is 11.8 Å². The maximum absolute atomic E-state index is 5.29. The normalized spacial score (nSPS) is 17.0. The Balaban J connectivity index is 1.77. The van der Waals surface area contributed by atoms with Crippen LogP contribution in [0.4, 0.5) is 0 Å². The van der Waals surface area contributed by atoms with Crippen LogP contribution in [-0.2, 0) is 11.8 Å². The molecular weight excluding hydrogens is 396 g/mol. The number of unbranched alkanes of at least 4 members (excludes halogenated alkanes) is 1. The van der Waals surface area contributed by atoms with E-state index in [0.29, 0.717) is 0 Å². The fraction of sp³-hybridized carbons (Fsp3) is 0.522. The van der Waals surface area contributed by atoms with Gasteiger partial charge in [-0.2, -0.15) is 0 Å². The van der Waals surface area contributed by atoms with Gasteiger partial charge in [-0.1, -0.05) is 80.9 Å². The van der Waals surface area contributed by atoms with E-state index >= 15 is 0 Å². The van der Waals surface area contributed by atoms with Gasteiger partial charge in [-0.3, -0.25) is 0 Å². The van der Waals surface area contributed by atoms with Gasteiger partial charge in [0.05, 0.1) is 5.69 Å². The number of fused-ring (bicyclic) bond motifs is 6. The van der Waals surface area contributed by atoms with E-state index in [1.165, 1.54) is 55.2 Å². The summed E-state index contributed by atoms with van der Waals surface area (Å²) in [7, 11) is 0. The second-order valence-electron chi connectivity index (χ2n) is 8.22. The van der Waals surface area contributed by atoms with Gasteiger partial charge in [0.15, 0.2) is 16.0 Å². The lowest BCUT2D eigenvalue weighted by Gasteiger charge is -2.36. The van der Waals surface area contributed by atoms with Crippen LogP contribution in [0.15, 0.2) is 34.6 Å². The lowest BCUT2D eigenvalue weighted by Crippen LogP contribution is -2.31. The molecule has 0 N–H and O–H groups in total. The molecule has 4 nitrogen and oxygen atoms in total. The quantitative estimate of drug-likeness (QED) is 0.269. The van der Waals surface area contributed by atoms with E-state index in [2.05, 4.69) is 47.6 Å². The zero-order valence-electron chi connectivity index (χ0n) is 17.3. The molecule has 2 heterocycles. The minimum atomic E-state index is 0.172. The zero-order valence-corrected chi connectivity index (χ0v) is 18.9. The van der Waals surface area contributed by atoms with Crippen molar-refractivity contribution in [2.75, 3.05) is 11.5 Å². The van der Waals surface area contributed by atoms with Gasteiger partial charge in [-0.15, -0.1) is 10.2 Å². The van der Waals surface area contributed by atoms with Crippen LogP contribution in [0.1, 0.15) is 63.5 Å². The summed E-state index contributed by atoms with van der Waals surface area (Å²) in [6.07, 6.45) is 8.57. The molecule has 1 spiro atoms. The summed E-state index contributed by atoms with van der Waals surface area (Å²) in [4.78, 5) is 5.29. The molecule has 2 aliphatic rings. The van der Waals surface area contributed by atoms with Crippen molar-refractivity contribution in [2.24, 2.45) is 0 Å². The summed E-state index contributed by atoms with van der Waals surface area (Å²) in [5.74, 6) is 2.07. The number of thioether (sulfide) groups is 2. The van der Waals surface area contributed by atoms with Crippen LogP contribution < -0.4 is 0 Å². The number of rotatable bonds is 6. The topological polar surface area (TPSA) is 43.1 Å². The van der Waals surface area contributed by atoms with E-state index in [1.807, 2.05) is 11.8 Å². The third-order valence-electron chi connectivity index (χ3n) is 6.39. The molecule has 0 aliphatic heterocycles. The summed E-state index contributed by atoms with van der Waals surface area (Å²) in [5.41, 5.74) is 6.50. The van der Waals surface area contributed by atoms with Crippen LogP contribution in [0, 0.1) is 0 Å². The molecule has 2 aromatic heterocycles. The third-order valence-corrected chi connectivity index (χ3v) is 8.22. The number of nitrogens with zero attached hydrogens (tertiary/aromatic N) is 4. The summed E-state index contributed by atoms with van der Waals surface area (Å²) in [6.45, 7) is 4.43. The Labute approximate surface area is 181 Å². The van der Waals surface area contributed by atoms with Crippen molar-refractivity contribution in [3.05, 3.63) is 35.4 Å². The van der Waals surface area contributed by atoms with E-state index < -0.39 is 0 Å². The largest absolute Gasteiger partial charge is 0.248 e. The first-order valence-corrected chi connectivity index (χ1v) is 12.9. The van der Waals surface area contributed by atoms with Gasteiger partial charge in [0.1, 0.15) is 0 Å². The van der Waals surface area contributed by atoms with Crippen LogP contribution in [0.25, 0.3) is 16.9 Å². The molecule has 0 radical (unpaired) electrons. The highest BCUT2D eigenvalue weighted by Gasteiger charge is 2.44. The first kappa shape index (κ1) is 19.4. The average molecular weight is 425 g/mol. The molecule has 0 amide bonds. The monoisotopic (exact) mass is 424 g/mol. The number of hydrogen-bond acceptors (Lipinski definition) is 5. The molecule has 0 saturated heterocycles. The van der Waals surface area contributed by atoms with Crippen molar-refractivity contribution in [3.63, 3.8) is 0 Å². The van der Waals surface area contributed by atoms with Gasteiger partial charge in [0.25, 0.3) is 0 Å². The first-order valence-electron chi connectivity index (χ1n) is 10.9. The van der Waals surface area contributed by atoms with E-state index in [4.69, 9.17) is 10.1 Å². The fourth-order valence-electron chi connectivity index (χ4n) is 5.06. The molecule has 3 aromatic rings. The Bertz CT molecular complexity index is 1040. The zero-order chi connectivity index (χ0) is 19.8. The van der Waals surface area contributed by atoms with Gasteiger partial charge < -0.3 is 0 Å². The second kappa shape index (κ2) is 7.95. The van der Waals surface area contributed by atoms with Crippen molar-refractivity contribution >= 4 is 29.2 Å². The van der Waals surface area contributed by atoms with Gasteiger partial charge in [0.2, 0.25) is 0 Å². The molecular formula is C23H28N4S2. The van der Waals surface area contributed by atoms with Gasteiger partial charge in [-0.25, -0.2) is 9.38 Å². The number of hydrogen-bond donors (Lipinski definition) is 0. The molecule has 1 fully saturated rings. The summed E-state index contributed by atoms with van der Waals surface area (Å²) in [5, 5.41) is 11.5. The van der Waals surface area contributed by atoms with Crippen molar-refractivity contribution in [1.29, 1.82) is 0 Å². The Morgan fingerprint density at radius 2 is 1.86 bits per heavy atom. The molecule has 1 aromatic carbocycles. The van der Waals surface area contributed by atoms with E-state index in [-0.39, 0.29) is 5.41 Å². The van der Waals surface area contributed by atoms with Crippen LogP contribution in [0.3, 0.4) is 0 Å². The molecule has 1 saturated carbocycles. The highest BCUT2D eigenvalue weighted by Crippen LogP contribution is 2.52. The molecule has 0 atom stereocenters. The number of benzene rings is 1. The van der Waals surface area contributed by atoms with E-state index in [9.17, 15) is 0 Å². The molecule has 2 aliphatic carbocycles. The Morgan fingerprint density at radius 1 is 1.03 bits per heavy atom.